The van der Waals surface area contributed by atoms with Crippen LogP contribution in [-0.2, 0) is 23.0 Å². The maximum absolute atomic E-state index is 12.7. The summed E-state index contributed by atoms with van der Waals surface area (Å²) in [6, 6.07) is 6.71. The third-order valence-corrected chi connectivity index (χ3v) is 6.78. The number of nitrogen functional groups attached to an aromatic ring is 1. The molecular formula is C13H13ClN2O2S2. The smallest absolute Gasteiger partial charge is 0.246 e. The second kappa shape index (κ2) is 5.04. The summed E-state index contributed by atoms with van der Waals surface area (Å²) in [7, 11) is -3.66. The lowest BCUT2D eigenvalue weighted by molar-refractivity contribution is 0.394. The Bertz CT molecular complexity index is 735. The quantitative estimate of drug-likeness (QED) is 0.862. The highest BCUT2D eigenvalue weighted by molar-refractivity contribution is 7.89. The number of hydrogen-bond donors (Lipinski definition) is 1. The van der Waals surface area contributed by atoms with Crippen molar-refractivity contribution in [3.05, 3.63) is 45.1 Å². The van der Waals surface area contributed by atoms with Gasteiger partial charge in [0.2, 0.25) is 10.0 Å². The van der Waals surface area contributed by atoms with Crippen LogP contribution in [0.1, 0.15) is 10.4 Å². The van der Waals surface area contributed by atoms with E-state index in [1.54, 1.807) is 29.5 Å². The standard InChI is InChI=1S/C13H13ClN2O2S2/c14-10-2-1-3-11(15)13(10)20(17,18)16-6-4-12-9(8-16)5-7-19-12/h1-3,5,7H,4,6,8,15H2. The minimum Gasteiger partial charge on any atom is -0.398 e. The van der Waals surface area contributed by atoms with Gasteiger partial charge < -0.3 is 5.73 Å². The van der Waals surface area contributed by atoms with Crippen LogP contribution < -0.4 is 5.73 Å². The van der Waals surface area contributed by atoms with E-state index >= 15 is 0 Å². The molecule has 20 heavy (non-hydrogen) atoms. The normalized spacial score (nSPS) is 16.1. The molecule has 0 amide bonds. The van der Waals surface area contributed by atoms with Crippen LogP contribution in [0.25, 0.3) is 0 Å². The third kappa shape index (κ3) is 2.22. The van der Waals surface area contributed by atoms with Gasteiger partial charge in [0.25, 0.3) is 0 Å². The van der Waals surface area contributed by atoms with Gasteiger partial charge in [-0.2, -0.15) is 4.31 Å². The number of rotatable bonds is 2. The first-order valence-electron chi connectivity index (χ1n) is 6.09. The average molecular weight is 329 g/mol. The van der Waals surface area contributed by atoms with Gasteiger partial charge in [0.05, 0.1) is 10.7 Å². The SMILES string of the molecule is Nc1cccc(Cl)c1S(=O)(=O)N1CCc2sccc2C1. The van der Waals surface area contributed by atoms with Crippen molar-refractivity contribution >= 4 is 38.6 Å². The van der Waals surface area contributed by atoms with Crippen LogP contribution in [0.2, 0.25) is 5.02 Å². The number of anilines is 1. The van der Waals surface area contributed by atoms with E-state index in [1.165, 1.54) is 9.18 Å². The summed E-state index contributed by atoms with van der Waals surface area (Å²) in [5, 5.41) is 2.16. The molecule has 1 aromatic heterocycles. The van der Waals surface area contributed by atoms with Crippen LogP contribution in [0.3, 0.4) is 0 Å². The fourth-order valence-electron chi connectivity index (χ4n) is 2.35. The molecule has 4 nitrogen and oxygen atoms in total. The van der Waals surface area contributed by atoms with Gasteiger partial charge in [-0.05, 0) is 35.6 Å². The van der Waals surface area contributed by atoms with E-state index in [2.05, 4.69) is 0 Å². The van der Waals surface area contributed by atoms with Crippen molar-refractivity contribution in [3.63, 3.8) is 0 Å². The van der Waals surface area contributed by atoms with E-state index in [-0.39, 0.29) is 15.6 Å². The lowest BCUT2D eigenvalue weighted by atomic mass is 10.1. The minimum atomic E-state index is -3.66. The topological polar surface area (TPSA) is 63.4 Å². The number of nitrogens with two attached hydrogens (primary N) is 1. The average Bonchev–Trinajstić information content (AvgIpc) is 2.85. The number of hydrogen-bond acceptors (Lipinski definition) is 4. The molecule has 0 unspecified atom stereocenters. The molecule has 1 aromatic carbocycles. The molecule has 0 atom stereocenters. The number of nitrogens with zero attached hydrogens (tertiary/aromatic N) is 1. The maximum atomic E-state index is 12.7. The second-order valence-corrected chi connectivity index (χ2v) is 7.90. The van der Waals surface area contributed by atoms with Crippen molar-refractivity contribution in [2.45, 2.75) is 17.9 Å². The van der Waals surface area contributed by atoms with Gasteiger partial charge in [-0.15, -0.1) is 11.3 Å². The zero-order chi connectivity index (χ0) is 14.3. The van der Waals surface area contributed by atoms with Gasteiger partial charge in [0, 0.05) is 18.0 Å². The molecule has 2 heterocycles. The van der Waals surface area contributed by atoms with E-state index in [0.29, 0.717) is 13.1 Å². The molecule has 0 saturated heterocycles. The highest BCUT2D eigenvalue weighted by Crippen LogP contribution is 2.33. The first-order valence-corrected chi connectivity index (χ1v) is 8.79. The first kappa shape index (κ1) is 13.9. The van der Waals surface area contributed by atoms with E-state index in [1.807, 2.05) is 11.4 Å². The number of halogens is 1. The summed E-state index contributed by atoms with van der Waals surface area (Å²) in [6.45, 7) is 0.840. The van der Waals surface area contributed by atoms with Gasteiger partial charge in [0.15, 0.2) is 0 Å². The maximum Gasteiger partial charge on any atom is 0.246 e. The van der Waals surface area contributed by atoms with Crippen molar-refractivity contribution in [2.75, 3.05) is 12.3 Å². The predicted molar refractivity (Wildman–Crippen MR) is 81.5 cm³/mol. The van der Waals surface area contributed by atoms with E-state index in [0.717, 1.165) is 12.0 Å². The van der Waals surface area contributed by atoms with Gasteiger partial charge in [0.1, 0.15) is 4.90 Å². The van der Waals surface area contributed by atoms with Crippen LogP contribution in [0.15, 0.2) is 34.5 Å². The lowest BCUT2D eigenvalue weighted by Crippen LogP contribution is -2.35. The summed E-state index contributed by atoms with van der Waals surface area (Å²) in [4.78, 5) is 1.27. The Hall–Kier alpha value is -1.08. The molecule has 106 valence electrons. The zero-order valence-electron chi connectivity index (χ0n) is 10.5. The third-order valence-electron chi connectivity index (χ3n) is 3.37. The van der Waals surface area contributed by atoms with Gasteiger partial charge in [-0.1, -0.05) is 17.7 Å². The summed E-state index contributed by atoms with van der Waals surface area (Å²) in [6.07, 6.45) is 0.733. The Balaban J connectivity index is 2.02. The molecule has 0 bridgehead atoms. The summed E-state index contributed by atoms with van der Waals surface area (Å²) < 4.78 is 26.9. The van der Waals surface area contributed by atoms with Crippen molar-refractivity contribution in [1.82, 2.24) is 4.31 Å². The molecular weight excluding hydrogens is 316 g/mol. The van der Waals surface area contributed by atoms with Crippen molar-refractivity contribution in [2.24, 2.45) is 0 Å². The largest absolute Gasteiger partial charge is 0.398 e. The Labute approximate surface area is 126 Å². The molecule has 2 N–H and O–H groups in total. The number of thiophene rings is 1. The van der Waals surface area contributed by atoms with Crippen LogP contribution in [0, 0.1) is 0 Å². The van der Waals surface area contributed by atoms with Crippen LogP contribution in [-0.4, -0.2) is 19.3 Å². The molecule has 1 aliphatic rings. The molecule has 0 fully saturated rings. The van der Waals surface area contributed by atoms with E-state index in [4.69, 9.17) is 17.3 Å². The fraction of sp³-hybridized carbons (Fsp3) is 0.231. The van der Waals surface area contributed by atoms with E-state index in [9.17, 15) is 8.42 Å². The number of benzene rings is 1. The van der Waals surface area contributed by atoms with Crippen LogP contribution in [0.4, 0.5) is 5.69 Å². The molecule has 7 heteroatoms. The summed E-state index contributed by atoms with van der Waals surface area (Å²) in [5.41, 5.74) is 7.05. The zero-order valence-corrected chi connectivity index (χ0v) is 12.9. The molecule has 0 spiro atoms. The molecule has 0 radical (unpaired) electrons. The Morgan fingerprint density at radius 1 is 1.30 bits per heavy atom. The Morgan fingerprint density at radius 3 is 2.85 bits per heavy atom. The predicted octanol–water partition coefficient (Wildman–Crippen LogP) is 2.73. The van der Waals surface area contributed by atoms with Gasteiger partial charge in [-0.25, -0.2) is 8.42 Å². The van der Waals surface area contributed by atoms with Crippen molar-refractivity contribution in [3.8, 4) is 0 Å². The fourth-order valence-corrected chi connectivity index (χ4v) is 5.30. The number of sulfonamides is 1. The Morgan fingerprint density at radius 2 is 2.10 bits per heavy atom. The van der Waals surface area contributed by atoms with Crippen molar-refractivity contribution in [1.29, 1.82) is 0 Å². The van der Waals surface area contributed by atoms with Crippen molar-refractivity contribution < 1.29 is 8.42 Å². The Kier molecular flexibility index (Phi) is 3.50. The molecule has 0 aliphatic carbocycles. The highest BCUT2D eigenvalue weighted by Gasteiger charge is 2.31. The second-order valence-electron chi connectivity index (χ2n) is 4.62. The highest BCUT2D eigenvalue weighted by atomic mass is 35.5. The minimum absolute atomic E-state index is 0.0142. The van der Waals surface area contributed by atoms with Crippen LogP contribution >= 0.6 is 22.9 Å². The van der Waals surface area contributed by atoms with Gasteiger partial charge >= 0.3 is 0 Å². The number of fused-ring (bicyclic) bond motifs is 1. The molecule has 2 aromatic rings. The monoisotopic (exact) mass is 328 g/mol. The lowest BCUT2D eigenvalue weighted by Gasteiger charge is -2.27. The van der Waals surface area contributed by atoms with Gasteiger partial charge in [-0.3, -0.25) is 0 Å². The molecule has 3 rings (SSSR count). The molecule has 1 aliphatic heterocycles. The van der Waals surface area contributed by atoms with E-state index < -0.39 is 10.0 Å². The molecule has 0 saturated carbocycles. The van der Waals surface area contributed by atoms with Crippen LogP contribution in [0.5, 0.6) is 0 Å². The summed E-state index contributed by atoms with van der Waals surface area (Å²) >= 11 is 7.70. The first-order chi connectivity index (χ1) is 9.50. The summed E-state index contributed by atoms with van der Waals surface area (Å²) in [5.74, 6) is 0.